The van der Waals surface area contributed by atoms with Gasteiger partial charge in [-0.3, -0.25) is 0 Å². The molecule has 0 N–H and O–H groups in total. The van der Waals surface area contributed by atoms with Gasteiger partial charge in [0.1, 0.15) is 0 Å². The van der Waals surface area contributed by atoms with Crippen molar-refractivity contribution in [2.75, 3.05) is 21.3 Å². The highest BCUT2D eigenvalue weighted by atomic mass is 16.9. The van der Waals surface area contributed by atoms with Gasteiger partial charge in [0.05, 0.1) is 11.1 Å². The summed E-state index contributed by atoms with van der Waals surface area (Å²) in [6.07, 6.45) is 13.7. The smallest absolute Gasteiger partial charge is 0.346 e. The number of carbonyl (C=O) groups is 2. The highest BCUT2D eigenvalue weighted by molar-refractivity contribution is 6.14. The maximum Gasteiger partial charge on any atom is 0.346 e. The number of hydrogen-bond donors (Lipinski definition) is 0. The lowest BCUT2D eigenvalue weighted by molar-refractivity contribution is -0.355. The van der Waals surface area contributed by atoms with E-state index in [0.717, 1.165) is 37.7 Å². The number of benzene rings is 1. The first kappa shape index (κ1) is 24.5. The van der Waals surface area contributed by atoms with E-state index >= 15 is 0 Å². The fourth-order valence-corrected chi connectivity index (χ4v) is 3.93. The second-order valence-corrected chi connectivity index (χ2v) is 7.89. The molecule has 0 unspecified atom stereocenters. The van der Waals surface area contributed by atoms with Crippen LogP contribution in [-0.4, -0.2) is 39.2 Å². The summed E-state index contributed by atoms with van der Waals surface area (Å²) in [4.78, 5) is 23.1. The van der Waals surface area contributed by atoms with E-state index in [2.05, 4.69) is 4.74 Å². The average molecular weight is 421 g/mol. The second kappa shape index (κ2) is 12.8. The molecular weight excluding hydrogens is 384 g/mol. The number of cyclic esters (lactones) is 2. The first-order valence-corrected chi connectivity index (χ1v) is 11.1. The van der Waals surface area contributed by atoms with Crippen LogP contribution >= 0.6 is 0 Å². The fourth-order valence-electron chi connectivity index (χ4n) is 3.93. The van der Waals surface area contributed by atoms with Gasteiger partial charge in [0, 0.05) is 27.8 Å². The number of esters is 2. The van der Waals surface area contributed by atoms with Crippen molar-refractivity contribution in [3.8, 4) is 0 Å². The Balaban J connectivity index is 1.45. The van der Waals surface area contributed by atoms with E-state index < -0.39 is 17.9 Å². The minimum atomic E-state index is -0.888. The van der Waals surface area contributed by atoms with Gasteiger partial charge < -0.3 is 18.9 Å². The summed E-state index contributed by atoms with van der Waals surface area (Å²) in [7, 11) is 4.82. The Hall–Kier alpha value is -1.76. The van der Waals surface area contributed by atoms with Crippen molar-refractivity contribution in [1.29, 1.82) is 0 Å². The normalized spacial score (nSPS) is 13.6. The molecule has 0 saturated heterocycles. The van der Waals surface area contributed by atoms with Crippen LogP contribution in [0.5, 0.6) is 0 Å². The quantitative estimate of drug-likeness (QED) is 0.154. The Morgan fingerprint density at radius 1 is 0.700 bits per heavy atom. The van der Waals surface area contributed by atoms with E-state index in [4.69, 9.17) is 14.2 Å². The molecule has 168 valence electrons. The van der Waals surface area contributed by atoms with Crippen LogP contribution in [-0.2, 0) is 25.4 Å². The zero-order valence-electron chi connectivity index (χ0n) is 18.7. The van der Waals surface area contributed by atoms with Gasteiger partial charge in [0.25, 0.3) is 5.97 Å². The predicted octanol–water partition coefficient (Wildman–Crippen LogP) is 5.42. The topological polar surface area (TPSA) is 71.1 Å². The molecule has 0 fully saturated rings. The van der Waals surface area contributed by atoms with Crippen LogP contribution in [0.2, 0.25) is 0 Å². The number of methoxy groups -OCH3 is 3. The lowest BCUT2D eigenvalue weighted by atomic mass is 10.0. The van der Waals surface area contributed by atoms with Gasteiger partial charge in [0.2, 0.25) is 0 Å². The zero-order valence-corrected chi connectivity index (χ0v) is 18.7. The Morgan fingerprint density at radius 2 is 1.20 bits per heavy atom. The maximum atomic E-state index is 11.6. The van der Waals surface area contributed by atoms with E-state index in [1.807, 2.05) is 6.07 Å². The minimum absolute atomic E-state index is 0.388. The Bertz CT molecular complexity index is 672. The molecule has 0 atom stereocenters. The molecule has 6 nitrogen and oxygen atoms in total. The van der Waals surface area contributed by atoms with Gasteiger partial charge in [-0.2, -0.15) is 0 Å². The number of carbonyl (C=O) groups excluding carboxylic acids is 2. The number of rotatable bonds is 16. The Kier molecular flexibility index (Phi) is 10.5. The largest absolute Gasteiger partial charge is 0.386 e. The highest BCUT2D eigenvalue weighted by Crippen LogP contribution is 2.23. The van der Waals surface area contributed by atoms with Crippen molar-refractivity contribution >= 4 is 11.9 Å². The van der Waals surface area contributed by atoms with Crippen molar-refractivity contribution in [1.82, 2.24) is 0 Å². The molecule has 1 aromatic rings. The zero-order chi connectivity index (χ0) is 21.8. The van der Waals surface area contributed by atoms with Crippen LogP contribution in [0.1, 0.15) is 96.9 Å². The third kappa shape index (κ3) is 7.18. The van der Waals surface area contributed by atoms with E-state index in [0.29, 0.717) is 11.1 Å². The minimum Gasteiger partial charge on any atom is -0.386 e. The molecule has 6 heteroatoms. The lowest BCUT2D eigenvalue weighted by Crippen LogP contribution is -2.35. The standard InChI is InChI=1S/C24H36O6/c1-27-24(28-2,29-3)17-13-11-9-7-5-4-6-8-10-12-14-19-15-16-20-21(18-19)23(26)30-22(20)25/h15-16,18H,4-14,17H2,1-3H3. The number of hydrogen-bond acceptors (Lipinski definition) is 6. The van der Waals surface area contributed by atoms with Crippen molar-refractivity contribution in [3.05, 3.63) is 34.9 Å². The third-order valence-electron chi connectivity index (χ3n) is 5.84. The van der Waals surface area contributed by atoms with Crippen LogP contribution in [0.25, 0.3) is 0 Å². The van der Waals surface area contributed by atoms with Crippen molar-refractivity contribution in [2.24, 2.45) is 0 Å². The second-order valence-electron chi connectivity index (χ2n) is 7.89. The molecule has 1 aliphatic heterocycles. The van der Waals surface area contributed by atoms with Gasteiger partial charge in [0.15, 0.2) is 0 Å². The van der Waals surface area contributed by atoms with Crippen molar-refractivity contribution < 1.29 is 28.5 Å². The predicted molar refractivity (Wildman–Crippen MR) is 114 cm³/mol. The molecule has 0 amide bonds. The molecule has 0 aromatic heterocycles. The molecule has 30 heavy (non-hydrogen) atoms. The first-order valence-electron chi connectivity index (χ1n) is 11.1. The summed E-state index contributed by atoms with van der Waals surface area (Å²) >= 11 is 0. The van der Waals surface area contributed by atoms with Gasteiger partial charge in [-0.25, -0.2) is 9.59 Å². The van der Waals surface area contributed by atoms with Gasteiger partial charge in [-0.1, -0.05) is 57.4 Å². The molecule has 0 aliphatic carbocycles. The molecule has 0 spiro atoms. The third-order valence-corrected chi connectivity index (χ3v) is 5.84. The Morgan fingerprint density at radius 3 is 1.77 bits per heavy atom. The van der Waals surface area contributed by atoms with Crippen molar-refractivity contribution in [2.45, 2.75) is 83.0 Å². The number of fused-ring (bicyclic) bond motifs is 1. The molecule has 0 saturated carbocycles. The number of unbranched alkanes of at least 4 members (excludes halogenated alkanes) is 9. The van der Waals surface area contributed by atoms with Crippen LogP contribution in [0, 0.1) is 0 Å². The van der Waals surface area contributed by atoms with Crippen LogP contribution in [0.15, 0.2) is 18.2 Å². The van der Waals surface area contributed by atoms with Crippen LogP contribution < -0.4 is 0 Å². The van der Waals surface area contributed by atoms with E-state index in [-0.39, 0.29) is 0 Å². The highest BCUT2D eigenvalue weighted by Gasteiger charge is 2.29. The summed E-state index contributed by atoms with van der Waals surface area (Å²) in [5.74, 6) is -1.94. The average Bonchev–Trinajstić information content (AvgIpc) is 3.05. The summed E-state index contributed by atoms with van der Waals surface area (Å²) in [5.41, 5.74) is 1.90. The summed E-state index contributed by atoms with van der Waals surface area (Å²) in [6, 6.07) is 5.44. The van der Waals surface area contributed by atoms with E-state index in [1.165, 1.54) is 44.9 Å². The summed E-state index contributed by atoms with van der Waals surface area (Å²) in [5, 5.41) is 0. The molecule has 0 bridgehead atoms. The molecule has 1 aliphatic rings. The Labute approximate surface area is 180 Å². The maximum absolute atomic E-state index is 11.6. The summed E-state index contributed by atoms with van der Waals surface area (Å²) < 4.78 is 20.6. The molecule has 1 aromatic carbocycles. The number of ether oxygens (including phenoxy) is 4. The first-order chi connectivity index (χ1) is 14.5. The molecular formula is C24H36O6. The molecule has 2 rings (SSSR count). The monoisotopic (exact) mass is 420 g/mol. The molecule has 0 radical (unpaired) electrons. The fraction of sp³-hybridized carbons (Fsp3) is 0.667. The SMILES string of the molecule is COC(CCCCCCCCCCCCc1ccc2c(c1)C(=O)OC2=O)(OC)OC. The van der Waals surface area contributed by atoms with Crippen LogP contribution in [0.3, 0.4) is 0 Å². The van der Waals surface area contributed by atoms with Crippen molar-refractivity contribution in [3.63, 3.8) is 0 Å². The lowest BCUT2D eigenvalue weighted by Gasteiger charge is -2.28. The van der Waals surface area contributed by atoms with E-state index in [9.17, 15) is 9.59 Å². The van der Waals surface area contributed by atoms with Gasteiger partial charge in [-0.15, -0.1) is 0 Å². The summed E-state index contributed by atoms with van der Waals surface area (Å²) in [6.45, 7) is 0. The van der Waals surface area contributed by atoms with Gasteiger partial charge >= 0.3 is 11.9 Å². The number of aryl methyl sites for hydroxylation is 1. The van der Waals surface area contributed by atoms with E-state index in [1.54, 1.807) is 33.5 Å². The molecule has 1 heterocycles. The van der Waals surface area contributed by atoms with Gasteiger partial charge in [-0.05, 0) is 37.0 Å². The van der Waals surface area contributed by atoms with Crippen LogP contribution in [0.4, 0.5) is 0 Å².